The van der Waals surface area contributed by atoms with Gasteiger partial charge < -0.3 is 9.84 Å². The van der Waals surface area contributed by atoms with Crippen LogP contribution in [0.15, 0.2) is 24.3 Å². The fraction of sp³-hybridized carbons (Fsp3) is 0.429. The van der Waals surface area contributed by atoms with Crippen LogP contribution in [0.1, 0.15) is 19.8 Å². The zero-order valence-electron chi connectivity index (χ0n) is 9.44. The van der Waals surface area contributed by atoms with Crippen molar-refractivity contribution in [2.24, 2.45) is 0 Å². The molecule has 0 spiro atoms. The third kappa shape index (κ3) is 4.84. The van der Waals surface area contributed by atoms with E-state index in [9.17, 15) is 5.11 Å². The Morgan fingerprint density at radius 3 is 2.69 bits per heavy atom. The SMILES string of the molecule is C/C=C/C#CC#C/C=C/C1OCCCC1O. The van der Waals surface area contributed by atoms with Crippen LogP contribution >= 0.6 is 0 Å². The Balaban J connectivity index is 2.39. The van der Waals surface area contributed by atoms with Crippen LogP contribution in [0.5, 0.6) is 0 Å². The van der Waals surface area contributed by atoms with E-state index >= 15 is 0 Å². The molecule has 2 atom stereocenters. The van der Waals surface area contributed by atoms with E-state index in [4.69, 9.17) is 4.74 Å². The minimum absolute atomic E-state index is 0.216. The van der Waals surface area contributed by atoms with Crippen LogP contribution in [-0.4, -0.2) is 23.9 Å². The molecule has 1 heterocycles. The molecule has 0 aromatic heterocycles. The van der Waals surface area contributed by atoms with E-state index in [1.54, 1.807) is 18.2 Å². The first kappa shape index (κ1) is 12.6. The van der Waals surface area contributed by atoms with Gasteiger partial charge in [-0.25, -0.2) is 0 Å². The molecule has 1 aliphatic heterocycles. The molecule has 1 N–H and O–H groups in total. The Bertz CT molecular complexity index is 371. The van der Waals surface area contributed by atoms with Crippen molar-refractivity contribution in [3.05, 3.63) is 24.3 Å². The number of hydrogen-bond donors (Lipinski definition) is 1. The highest BCUT2D eigenvalue weighted by molar-refractivity contribution is 5.34. The van der Waals surface area contributed by atoms with Crippen LogP contribution < -0.4 is 0 Å². The van der Waals surface area contributed by atoms with Gasteiger partial charge in [-0.15, -0.1) is 0 Å². The van der Waals surface area contributed by atoms with Crippen LogP contribution in [0.3, 0.4) is 0 Å². The summed E-state index contributed by atoms with van der Waals surface area (Å²) in [5, 5.41) is 9.58. The third-order valence-electron chi connectivity index (χ3n) is 2.16. The predicted octanol–water partition coefficient (Wildman–Crippen LogP) is 1.67. The first-order valence-corrected chi connectivity index (χ1v) is 5.43. The zero-order valence-corrected chi connectivity index (χ0v) is 9.44. The molecule has 2 heteroatoms. The van der Waals surface area contributed by atoms with E-state index in [2.05, 4.69) is 23.7 Å². The molecule has 0 aliphatic carbocycles. The smallest absolute Gasteiger partial charge is 0.102 e. The van der Waals surface area contributed by atoms with Crippen molar-refractivity contribution in [2.45, 2.75) is 32.0 Å². The number of ether oxygens (including phenoxy) is 1. The van der Waals surface area contributed by atoms with Crippen LogP contribution in [-0.2, 0) is 4.74 Å². The van der Waals surface area contributed by atoms with Gasteiger partial charge in [0.15, 0.2) is 0 Å². The van der Waals surface area contributed by atoms with E-state index in [0.717, 1.165) is 12.8 Å². The van der Waals surface area contributed by atoms with Gasteiger partial charge in [-0.1, -0.05) is 17.9 Å². The second-order valence-corrected chi connectivity index (χ2v) is 3.44. The zero-order chi connectivity index (χ0) is 11.6. The lowest BCUT2D eigenvalue weighted by Gasteiger charge is -2.25. The Hall–Kier alpha value is -1.48. The fourth-order valence-electron chi connectivity index (χ4n) is 1.35. The molecular formula is C14H16O2. The lowest BCUT2D eigenvalue weighted by atomic mass is 10.1. The summed E-state index contributed by atoms with van der Waals surface area (Å²) in [5.41, 5.74) is 0. The summed E-state index contributed by atoms with van der Waals surface area (Å²) < 4.78 is 5.38. The quantitative estimate of drug-likeness (QED) is 0.676. The maximum Gasteiger partial charge on any atom is 0.102 e. The highest BCUT2D eigenvalue weighted by Gasteiger charge is 2.20. The molecule has 0 aromatic carbocycles. The van der Waals surface area contributed by atoms with Gasteiger partial charge in [-0.05, 0) is 49.8 Å². The third-order valence-corrected chi connectivity index (χ3v) is 2.16. The molecule has 2 unspecified atom stereocenters. The summed E-state index contributed by atoms with van der Waals surface area (Å²) in [6.45, 7) is 2.62. The summed E-state index contributed by atoms with van der Waals surface area (Å²) >= 11 is 0. The number of aliphatic hydroxyl groups is 1. The second kappa shape index (κ2) is 7.77. The molecule has 1 aliphatic rings. The molecule has 0 bridgehead atoms. The van der Waals surface area contributed by atoms with Crippen molar-refractivity contribution in [1.29, 1.82) is 0 Å². The second-order valence-electron chi connectivity index (χ2n) is 3.44. The van der Waals surface area contributed by atoms with Crippen molar-refractivity contribution in [2.75, 3.05) is 6.61 Å². The van der Waals surface area contributed by atoms with E-state index < -0.39 is 6.10 Å². The highest BCUT2D eigenvalue weighted by Crippen LogP contribution is 2.14. The van der Waals surface area contributed by atoms with Gasteiger partial charge in [0.25, 0.3) is 0 Å². The average Bonchev–Trinajstić information content (AvgIpc) is 2.30. The molecule has 1 fully saturated rings. The minimum atomic E-state index is -0.402. The lowest BCUT2D eigenvalue weighted by molar-refractivity contribution is -0.0483. The van der Waals surface area contributed by atoms with Crippen LogP contribution in [0.25, 0.3) is 0 Å². The van der Waals surface area contributed by atoms with Crippen molar-refractivity contribution in [3.8, 4) is 23.7 Å². The number of aliphatic hydroxyl groups excluding tert-OH is 1. The van der Waals surface area contributed by atoms with E-state index in [-0.39, 0.29) is 6.10 Å². The molecule has 16 heavy (non-hydrogen) atoms. The van der Waals surface area contributed by atoms with Crippen LogP contribution in [0.2, 0.25) is 0 Å². The van der Waals surface area contributed by atoms with Gasteiger partial charge in [0, 0.05) is 6.61 Å². The maximum absolute atomic E-state index is 9.58. The standard InChI is InChI=1S/C14H16O2/c1-2-3-4-5-6-7-8-11-14-13(15)10-9-12-16-14/h2-3,8,11,13-15H,9-10,12H2,1H3/b3-2+,11-8+. The monoisotopic (exact) mass is 216 g/mol. The van der Waals surface area contributed by atoms with Gasteiger partial charge in [-0.3, -0.25) is 0 Å². The summed E-state index contributed by atoms with van der Waals surface area (Å²) in [6, 6.07) is 0. The minimum Gasteiger partial charge on any atom is -0.390 e. The van der Waals surface area contributed by atoms with E-state index in [0.29, 0.717) is 6.61 Å². The molecule has 2 nitrogen and oxygen atoms in total. The first-order valence-electron chi connectivity index (χ1n) is 5.43. The first-order chi connectivity index (χ1) is 7.84. The van der Waals surface area contributed by atoms with Crippen LogP contribution in [0.4, 0.5) is 0 Å². The molecule has 1 saturated heterocycles. The number of hydrogen-bond acceptors (Lipinski definition) is 2. The summed E-state index contributed by atoms with van der Waals surface area (Å²) in [4.78, 5) is 0. The Morgan fingerprint density at radius 2 is 2.00 bits per heavy atom. The number of allylic oxidation sites excluding steroid dienone is 3. The van der Waals surface area contributed by atoms with Gasteiger partial charge in [0.1, 0.15) is 6.10 Å². The Morgan fingerprint density at radius 1 is 1.25 bits per heavy atom. The summed E-state index contributed by atoms with van der Waals surface area (Å²) in [5.74, 6) is 10.9. The highest BCUT2D eigenvalue weighted by atomic mass is 16.5. The van der Waals surface area contributed by atoms with E-state index in [1.807, 2.05) is 13.0 Å². The Labute approximate surface area is 97.0 Å². The van der Waals surface area contributed by atoms with Crippen molar-refractivity contribution in [1.82, 2.24) is 0 Å². The summed E-state index contributed by atoms with van der Waals surface area (Å²) in [6.07, 6.45) is 8.17. The maximum atomic E-state index is 9.58. The van der Waals surface area contributed by atoms with Crippen molar-refractivity contribution in [3.63, 3.8) is 0 Å². The van der Waals surface area contributed by atoms with Gasteiger partial charge in [0.2, 0.25) is 0 Å². The molecule has 0 saturated carbocycles. The average molecular weight is 216 g/mol. The predicted molar refractivity (Wildman–Crippen MR) is 64.5 cm³/mol. The topological polar surface area (TPSA) is 29.5 Å². The number of rotatable bonds is 1. The molecule has 1 rings (SSSR count). The van der Waals surface area contributed by atoms with Gasteiger partial charge >= 0.3 is 0 Å². The van der Waals surface area contributed by atoms with Crippen molar-refractivity contribution < 1.29 is 9.84 Å². The molecular weight excluding hydrogens is 200 g/mol. The van der Waals surface area contributed by atoms with Gasteiger partial charge in [0.05, 0.1) is 6.10 Å². The van der Waals surface area contributed by atoms with Crippen molar-refractivity contribution >= 4 is 0 Å². The van der Waals surface area contributed by atoms with E-state index in [1.165, 1.54) is 0 Å². The largest absolute Gasteiger partial charge is 0.390 e. The molecule has 0 radical (unpaired) electrons. The fourth-order valence-corrected chi connectivity index (χ4v) is 1.35. The normalized spacial score (nSPS) is 24.9. The molecule has 0 amide bonds. The Kier molecular flexibility index (Phi) is 6.11. The molecule has 84 valence electrons. The van der Waals surface area contributed by atoms with Gasteiger partial charge in [-0.2, -0.15) is 0 Å². The summed E-state index contributed by atoms with van der Waals surface area (Å²) in [7, 11) is 0. The molecule has 0 aromatic rings. The lowest BCUT2D eigenvalue weighted by Crippen LogP contribution is -2.32. The van der Waals surface area contributed by atoms with Crippen LogP contribution in [0, 0.1) is 23.7 Å².